The Hall–Kier alpha value is -2.59. The van der Waals surface area contributed by atoms with E-state index in [2.05, 4.69) is 10.4 Å². The topological polar surface area (TPSA) is 46.9 Å². The molecule has 1 amide bonds. The Labute approximate surface area is 139 Å². The Morgan fingerprint density at radius 2 is 1.83 bits per heavy atom. The summed E-state index contributed by atoms with van der Waals surface area (Å²) in [5.41, 5.74) is 3.28. The van der Waals surface area contributed by atoms with E-state index in [0.717, 1.165) is 16.9 Å². The van der Waals surface area contributed by atoms with Crippen LogP contribution in [0.1, 0.15) is 21.6 Å². The van der Waals surface area contributed by atoms with Gasteiger partial charge in [0.05, 0.1) is 23.1 Å². The van der Waals surface area contributed by atoms with Crippen LogP contribution in [-0.4, -0.2) is 15.7 Å². The molecular weight excluding hydrogens is 310 g/mol. The normalized spacial score (nSPS) is 10.5. The van der Waals surface area contributed by atoms with Gasteiger partial charge >= 0.3 is 0 Å². The number of benzene rings is 2. The highest BCUT2D eigenvalue weighted by Crippen LogP contribution is 2.17. The molecule has 4 nitrogen and oxygen atoms in total. The van der Waals surface area contributed by atoms with Crippen LogP contribution in [0.5, 0.6) is 0 Å². The first-order valence-electron chi connectivity index (χ1n) is 7.28. The van der Waals surface area contributed by atoms with E-state index in [4.69, 9.17) is 11.6 Å². The van der Waals surface area contributed by atoms with Crippen molar-refractivity contribution in [1.82, 2.24) is 15.1 Å². The average Bonchev–Trinajstić information content (AvgIpc) is 2.96. The van der Waals surface area contributed by atoms with E-state index < -0.39 is 0 Å². The summed E-state index contributed by atoms with van der Waals surface area (Å²) < 4.78 is 1.73. The Bertz CT molecular complexity index is 810. The molecule has 0 fully saturated rings. The maximum Gasteiger partial charge on any atom is 0.255 e. The number of carbonyl (C=O) groups excluding carboxylic acids is 1. The van der Waals surface area contributed by atoms with Crippen molar-refractivity contribution >= 4 is 17.5 Å². The van der Waals surface area contributed by atoms with Gasteiger partial charge in [-0.05, 0) is 36.8 Å². The molecule has 2 aromatic carbocycles. The molecule has 5 heteroatoms. The van der Waals surface area contributed by atoms with Crippen LogP contribution in [0.15, 0.2) is 60.8 Å². The van der Waals surface area contributed by atoms with Gasteiger partial charge < -0.3 is 5.32 Å². The molecule has 0 saturated heterocycles. The van der Waals surface area contributed by atoms with Crippen LogP contribution in [-0.2, 0) is 6.54 Å². The molecule has 3 aromatic rings. The molecule has 3 rings (SSSR count). The molecule has 0 unspecified atom stereocenters. The van der Waals surface area contributed by atoms with Crippen LogP contribution < -0.4 is 5.32 Å². The fourth-order valence-electron chi connectivity index (χ4n) is 2.35. The van der Waals surface area contributed by atoms with Gasteiger partial charge in [-0.2, -0.15) is 5.10 Å². The summed E-state index contributed by atoms with van der Waals surface area (Å²) in [5.74, 6) is -0.133. The fraction of sp³-hybridized carbons (Fsp3) is 0.111. The molecule has 0 bridgehead atoms. The van der Waals surface area contributed by atoms with E-state index in [-0.39, 0.29) is 5.91 Å². The lowest BCUT2D eigenvalue weighted by Gasteiger charge is -2.07. The molecule has 0 aliphatic rings. The zero-order valence-electron chi connectivity index (χ0n) is 12.7. The van der Waals surface area contributed by atoms with Crippen LogP contribution in [0.2, 0.25) is 5.02 Å². The van der Waals surface area contributed by atoms with E-state index in [1.807, 2.05) is 49.4 Å². The van der Waals surface area contributed by atoms with Gasteiger partial charge in [-0.15, -0.1) is 0 Å². The van der Waals surface area contributed by atoms with Crippen LogP contribution in [0.3, 0.4) is 0 Å². The molecule has 0 atom stereocenters. The zero-order valence-corrected chi connectivity index (χ0v) is 13.4. The molecule has 0 aliphatic heterocycles. The lowest BCUT2D eigenvalue weighted by Crippen LogP contribution is -2.23. The van der Waals surface area contributed by atoms with E-state index in [1.54, 1.807) is 23.0 Å². The van der Waals surface area contributed by atoms with Gasteiger partial charge in [0, 0.05) is 11.6 Å². The number of carbonyl (C=O) groups is 1. The van der Waals surface area contributed by atoms with E-state index >= 15 is 0 Å². The summed E-state index contributed by atoms with van der Waals surface area (Å²) >= 11 is 5.90. The second kappa shape index (κ2) is 6.67. The summed E-state index contributed by atoms with van der Waals surface area (Å²) in [6, 6.07) is 17.1. The molecule has 1 heterocycles. The highest BCUT2D eigenvalue weighted by molar-refractivity contribution is 6.30. The van der Waals surface area contributed by atoms with Crippen molar-refractivity contribution in [3.05, 3.63) is 82.6 Å². The summed E-state index contributed by atoms with van der Waals surface area (Å²) in [7, 11) is 0. The van der Waals surface area contributed by atoms with Crippen LogP contribution in [0.4, 0.5) is 0 Å². The Morgan fingerprint density at radius 3 is 2.52 bits per heavy atom. The number of rotatable bonds is 4. The molecule has 1 aromatic heterocycles. The van der Waals surface area contributed by atoms with Crippen molar-refractivity contribution in [3.63, 3.8) is 0 Å². The minimum absolute atomic E-state index is 0.133. The monoisotopic (exact) mass is 325 g/mol. The summed E-state index contributed by atoms with van der Waals surface area (Å²) in [6.07, 6.45) is 1.59. The van der Waals surface area contributed by atoms with Crippen molar-refractivity contribution in [2.24, 2.45) is 0 Å². The quantitative estimate of drug-likeness (QED) is 0.793. The molecular formula is C18H16ClN3O. The lowest BCUT2D eigenvalue weighted by molar-refractivity contribution is 0.0950. The van der Waals surface area contributed by atoms with E-state index in [9.17, 15) is 4.79 Å². The second-order valence-corrected chi connectivity index (χ2v) is 5.64. The smallest absolute Gasteiger partial charge is 0.255 e. The van der Waals surface area contributed by atoms with E-state index in [0.29, 0.717) is 17.1 Å². The van der Waals surface area contributed by atoms with Gasteiger partial charge in [0.15, 0.2) is 0 Å². The zero-order chi connectivity index (χ0) is 16.2. The van der Waals surface area contributed by atoms with Crippen LogP contribution in [0, 0.1) is 6.92 Å². The largest absolute Gasteiger partial charge is 0.348 e. The Kier molecular flexibility index (Phi) is 4.44. The van der Waals surface area contributed by atoms with Crippen molar-refractivity contribution in [1.29, 1.82) is 0 Å². The molecule has 23 heavy (non-hydrogen) atoms. The Morgan fingerprint density at radius 1 is 1.13 bits per heavy atom. The number of amides is 1. The van der Waals surface area contributed by atoms with Gasteiger partial charge in [0.2, 0.25) is 0 Å². The Balaban J connectivity index is 1.76. The standard InChI is InChI=1S/C18H16ClN3O/c1-13-17(18(23)20-11-14-5-3-2-4-6-14)12-21-22(13)16-9-7-15(19)8-10-16/h2-10,12H,11H2,1H3,(H,20,23). The van der Waals surface area contributed by atoms with Crippen molar-refractivity contribution in [3.8, 4) is 5.69 Å². The summed E-state index contributed by atoms with van der Waals surface area (Å²) in [6.45, 7) is 2.37. The lowest BCUT2D eigenvalue weighted by atomic mass is 10.2. The minimum atomic E-state index is -0.133. The van der Waals surface area contributed by atoms with Crippen LogP contribution >= 0.6 is 11.6 Å². The number of hydrogen-bond acceptors (Lipinski definition) is 2. The van der Waals surface area contributed by atoms with E-state index in [1.165, 1.54) is 0 Å². The minimum Gasteiger partial charge on any atom is -0.348 e. The molecule has 0 aliphatic carbocycles. The third-order valence-corrected chi connectivity index (χ3v) is 3.87. The molecule has 0 saturated carbocycles. The first kappa shape index (κ1) is 15.3. The number of aromatic nitrogens is 2. The summed E-state index contributed by atoms with van der Waals surface area (Å²) in [4.78, 5) is 12.4. The maximum atomic E-state index is 12.4. The van der Waals surface area contributed by atoms with Gasteiger partial charge in [-0.25, -0.2) is 4.68 Å². The predicted molar refractivity (Wildman–Crippen MR) is 90.9 cm³/mol. The highest BCUT2D eigenvalue weighted by Gasteiger charge is 2.14. The number of nitrogens with zero attached hydrogens (tertiary/aromatic N) is 2. The molecule has 0 spiro atoms. The molecule has 1 N–H and O–H groups in total. The third kappa shape index (κ3) is 3.43. The van der Waals surface area contributed by atoms with Gasteiger partial charge in [0.25, 0.3) is 5.91 Å². The molecule has 0 radical (unpaired) electrons. The van der Waals surface area contributed by atoms with Gasteiger partial charge in [-0.3, -0.25) is 4.79 Å². The third-order valence-electron chi connectivity index (χ3n) is 3.62. The highest BCUT2D eigenvalue weighted by atomic mass is 35.5. The molecule has 116 valence electrons. The SMILES string of the molecule is Cc1c(C(=O)NCc2ccccc2)cnn1-c1ccc(Cl)cc1. The summed E-state index contributed by atoms with van der Waals surface area (Å²) in [5, 5.41) is 7.89. The van der Waals surface area contributed by atoms with Crippen molar-refractivity contribution in [2.45, 2.75) is 13.5 Å². The number of halogens is 1. The second-order valence-electron chi connectivity index (χ2n) is 5.20. The van der Waals surface area contributed by atoms with Crippen molar-refractivity contribution < 1.29 is 4.79 Å². The van der Waals surface area contributed by atoms with Crippen molar-refractivity contribution in [2.75, 3.05) is 0 Å². The fourth-order valence-corrected chi connectivity index (χ4v) is 2.47. The maximum absolute atomic E-state index is 12.4. The van der Waals surface area contributed by atoms with Crippen LogP contribution in [0.25, 0.3) is 5.69 Å². The van der Waals surface area contributed by atoms with Gasteiger partial charge in [0.1, 0.15) is 0 Å². The predicted octanol–water partition coefficient (Wildman–Crippen LogP) is 3.76. The number of nitrogens with one attached hydrogen (secondary N) is 1. The number of hydrogen-bond donors (Lipinski definition) is 1. The first-order chi connectivity index (χ1) is 11.1. The average molecular weight is 326 g/mol. The first-order valence-corrected chi connectivity index (χ1v) is 7.65. The van der Waals surface area contributed by atoms with Gasteiger partial charge in [-0.1, -0.05) is 41.9 Å².